The molecule has 0 spiro atoms. The molecule has 20 heavy (non-hydrogen) atoms. The van der Waals surface area contributed by atoms with E-state index in [1.54, 1.807) is 17.5 Å². The highest BCUT2D eigenvalue weighted by Gasteiger charge is 2.10. The minimum atomic E-state index is 0.803. The number of furan rings is 1. The smallest absolute Gasteiger partial charge is 0.154 e. The predicted molar refractivity (Wildman–Crippen MR) is 80.6 cm³/mol. The third kappa shape index (κ3) is 1.90. The summed E-state index contributed by atoms with van der Waals surface area (Å²) < 4.78 is 5.83. The molecule has 96 valence electrons. The van der Waals surface area contributed by atoms with Gasteiger partial charge in [0.15, 0.2) is 5.76 Å². The molecule has 4 heteroatoms. The molecule has 3 aromatic heterocycles. The van der Waals surface area contributed by atoms with Crippen molar-refractivity contribution in [2.75, 3.05) is 0 Å². The maximum Gasteiger partial charge on any atom is 0.154 e. The van der Waals surface area contributed by atoms with Gasteiger partial charge in [0.05, 0.1) is 0 Å². The Morgan fingerprint density at radius 2 is 2.00 bits per heavy atom. The lowest BCUT2D eigenvalue weighted by molar-refractivity contribution is 0.629. The minimum Gasteiger partial charge on any atom is -0.454 e. The first-order valence-electron chi connectivity index (χ1n) is 6.25. The number of nitrogens with zero attached hydrogens (tertiary/aromatic N) is 2. The van der Waals surface area contributed by atoms with Crippen molar-refractivity contribution in [1.82, 2.24) is 9.97 Å². The van der Waals surface area contributed by atoms with Gasteiger partial charge in [0.1, 0.15) is 16.3 Å². The first-order valence-corrected chi connectivity index (χ1v) is 7.13. The highest BCUT2D eigenvalue weighted by molar-refractivity contribution is 7.13. The van der Waals surface area contributed by atoms with Crippen molar-refractivity contribution in [2.45, 2.75) is 0 Å². The zero-order valence-electron chi connectivity index (χ0n) is 10.5. The number of thiazole rings is 1. The van der Waals surface area contributed by atoms with Crippen molar-refractivity contribution < 1.29 is 4.42 Å². The number of fused-ring (bicyclic) bond motifs is 1. The van der Waals surface area contributed by atoms with Crippen LogP contribution in [0.4, 0.5) is 0 Å². The zero-order chi connectivity index (χ0) is 13.4. The molecule has 0 saturated heterocycles. The summed E-state index contributed by atoms with van der Waals surface area (Å²) in [4.78, 5) is 8.75. The highest BCUT2D eigenvalue weighted by atomic mass is 32.1. The third-order valence-corrected chi connectivity index (χ3v) is 3.98. The summed E-state index contributed by atoms with van der Waals surface area (Å²) in [6.45, 7) is 0. The van der Waals surface area contributed by atoms with Gasteiger partial charge in [-0.2, -0.15) is 0 Å². The maximum atomic E-state index is 5.83. The second-order valence-electron chi connectivity index (χ2n) is 4.43. The molecular formula is C16H10N2OS. The van der Waals surface area contributed by atoms with Gasteiger partial charge in [-0.15, -0.1) is 11.3 Å². The van der Waals surface area contributed by atoms with Crippen LogP contribution in [-0.4, -0.2) is 9.97 Å². The van der Waals surface area contributed by atoms with Crippen molar-refractivity contribution >= 4 is 22.3 Å². The average Bonchev–Trinajstić information content (AvgIpc) is 3.14. The van der Waals surface area contributed by atoms with Crippen LogP contribution in [-0.2, 0) is 0 Å². The lowest BCUT2D eigenvalue weighted by atomic mass is 10.2. The van der Waals surface area contributed by atoms with E-state index >= 15 is 0 Å². The number of rotatable bonds is 2. The standard InChI is InChI=1S/C16H10N2OS/c1-2-6-14-11(4-1)8-15(19-14)13-10-20-16(18-13)12-5-3-7-17-9-12/h1-10H. The van der Waals surface area contributed by atoms with E-state index in [-0.39, 0.29) is 0 Å². The van der Waals surface area contributed by atoms with Gasteiger partial charge in [-0.3, -0.25) is 4.98 Å². The van der Waals surface area contributed by atoms with Crippen LogP contribution in [0.3, 0.4) is 0 Å². The Hall–Kier alpha value is -2.46. The fraction of sp³-hybridized carbons (Fsp3) is 0. The van der Waals surface area contributed by atoms with E-state index in [0.29, 0.717) is 0 Å². The quantitative estimate of drug-likeness (QED) is 0.537. The molecule has 3 nitrogen and oxygen atoms in total. The van der Waals surface area contributed by atoms with Gasteiger partial charge in [-0.25, -0.2) is 4.98 Å². The number of benzene rings is 1. The Balaban J connectivity index is 1.78. The molecule has 0 atom stereocenters. The van der Waals surface area contributed by atoms with E-state index in [0.717, 1.165) is 33.0 Å². The van der Waals surface area contributed by atoms with Crippen molar-refractivity contribution in [3.8, 4) is 22.0 Å². The fourth-order valence-corrected chi connectivity index (χ4v) is 2.92. The molecule has 3 heterocycles. The Labute approximate surface area is 119 Å². The van der Waals surface area contributed by atoms with Gasteiger partial charge in [-0.05, 0) is 24.3 Å². The van der Waals surface area contributed by atoms with E-state index in [2.05, 4.69) is 9.97 Å². The van der Waals surface area contributed by atoms with Crippen LogP contribution in [0.5, 0.6) is 0 Å². The van der Waals surface area contributed by atoms with Gasteiger partial charge >= 0.3 is 0 Å². The molecule has 0 aliphatic carbocycles. The van der Waals surface area contributed by atoms with Gasteiger partial charge < -0.3 is 4.42 Å². The van der Waals surface area contributed by atoms with Gasteiger partial charge in [0, 0.05) is 28.7 Å². The van der Waals surface area contributed by atoms with Gasteiger partial charge in [-0.1, -0.05) is 18.2 Å². The summed E-state index contributed by atoms with van der Waals surface area (Å²) in [7, 11) is 0. The van der Waals surface area contributed by atoms with E-state index in [9.17, 15) is 0 Å². The van der Waals surface area contributed by atoms with Gasteiger partial charge in [0.2, 0.25) is 0 Å². The zero-order valence-corrected chi connectivity index (χ0v) is 11.3. The molecule has 0 saturated carbocycles. The Kier molecular flexibility index (Phi) is 2.60. The molecular weight excluding hydrogens is 268 g/mol. The van der Waals surface area contributed by atoms with E-state index < -0.39 is 0 Å². The molecule has 4 rings (SSSR count). The van der Waals surface area contributed by atoms with Crippen molar-refractivity contribution in [3.05, 3.63) is 60.2 Å². The van der Waals surface area contributed by atoms with Gasteiger partial charge in [0.25, 0.3) is 0 Å². The molecule has 0 bridgehead atoms. The summed E-state index contributed by atoms with van der Waals surface area (Å²) in [6, 6.07) is 13.9. The molecule has 0 unspecified atom stereocenters. The average molecular weight is 278 g/mol. The van der Waals surface area contributed by atoms with E-state index in [1.165, 1.54) is 0 Å². The van der Waals surface area contributed by atoms with Crippen LogP contribution in [0.2, 0.25) is 0 Å². The van der Waals surface area contributed by atoms with Crippen LogP contribution >= 0.6 is 11.3 Å². The Morgan fingerprint density at radius 3 is 2.85 bits per heavy atom. The summed E-state index contributed by atoms with van der Waals surface area (Å²) >= 11 is 1.60. The molecule has 0 N–H and O–H groups in total. The monoisotopic (exact) mass is 278 g/mol. The van der Waals surface area contributed by atoms with Crippen LogP contribution < -0.4 is 0 Å². The topological polar surface area (TPSA) is 38.9 Å². The van der Waals surface area contributed by atoms with Crippen LogP contribution in [0.15, 0.2) is 64.7 Å². The molecule has 0 aliphatic heterocycles. The number of aromatic nitrogens is 2. The van der Waals surface area contributed by atoms with Crippen LogP contribution in [0.1, 0.15) is 0 Å². The lowest BCUT2D eigenvalue weighted by Crippen LogP contribution is -1.78. The van der Waals surface area contributed by atoms with E-state index in [4.69, 9.17) is 4.42 Å². The summed E-state index contributed by atoms with van der Waals surface area (Å²) in [5.41, 5.74) is 2.78. The number of hydrogen-bond donors (Lipinski definition) is 0. The molecule has 0 amide bonds. The first-order chi connectivity index (χ1) is 9.90. The van der Waals surface area contributed by atoms with Crippen molar-refractivity contribution in [1.29, 1.82) is 0 Å². The number of pyridine rings is 1. The maximum absolute atomic E-state index is 5.83. The molecule has 0 aliphatic rings. The second-order valence-corrected chi connectivity index (χ2v) is 5.29. The number of para-hydroxylation sites is 1. The molecule has 4 aromatic rings. The lowest BCUT2D eigenvalue weighted by Gasteiger charge is -1.92. The van der Waals surface area contributed by atoms with Crippen molar-refractivity contribution in [3.63, 3.8) is 0 Å². The Bertz CT molecular complexity index is 831. The summed E-state index contributed by atoms with van der Waals surface area (Å²) in [5, 5.41) is 4.06. The predicted octanol–water partition coefficient (Wildman–Crippen LogP) is 4.62. The second kappa shape index (κ2) is 4.58. The summed E-state index contributed by atoms with van der Waals surface area (Å²) in [6.07, 6.45) is 3.58. The molecule has 0 radical (unpaired) electrons. The normalized spacial score (nSPS) is 11.0. The highest BCUT2D eigenvalue weighted by Crippen LogP contribution is 2.31. The molecule has 1 aromatic carbocycles. The minimum absolute atomic E-state index is 0.803. The number of hydrogen-bond acceptors (Lipinski definition) is 4. The van der Waals surface area contributed by atoms with Crippen LogP contribution in [0, 0.1) is 0 Å². The first kappa shape index (κ1) is 11.4. The largest absolute Gasteiger partial charge is 0.454 e. The third-order valence-electron chi connectivity index (χ3n) is 3.09. The fourth-order valence-electron chi connectivity index (χ4n) is 2.12. The SMILES string of the molecule is c1cncc(-c2nc(-c3cc4ccccc4o3)cs2)c1. The van der Waals surface area contributed by atoms with Crippen LogP contribution in [0.25, 0.3) is 33.0 Å². The molecule has 0 fully saturated rings. The summed E-state index contributed by atoms with van der Waals surface area (Å²) in [5.74, 6) is 0.803. The Morgan fingerprint density at radius 1 is 1.05 bits per heavy atom. The van der Waals surface area contributed by atoms with Crippen molar-refractivity contribution in [2.24, 2.45) is 0 Å². The van der Waals surface area contributed by atoms with E-state index in [1.807, 2.05) is 54.0 Å².